The van der Waals surface area contributed by atoms with Crippen molar-refractivity contribution in [1.82, 2.24) is 9.80 Å². The molecule has 1 fully saturated rings. The zero-order valence-electron chi connectivity index (χ0n) is 14.0. The van der Waals surface area contributed by atoms with Crippen molar-refractivity contribution in [1.29, 1.82) is 0 Å². The molecule has 1 aliphatic heterocycles. The van der Waals surface area contributed by atoms with Crippen molar-refractivity contribution in [3.63, 3.8) is 0 Å². The molecule has 3 rings (SSSR count). The van der Waals surface area contributed by atoms with E-state index in [1.807, 2.05) is 0 Å². The number of furan rings is 1. The lowest BCUT2D eigenvalue weighted by Gasteiger charge is -2.39. The van der Waals surface area contributed by atoms with Crippen molar-refractivity contribution >= 4 is 11.8 Å². The van der Waals surface area contributed by atoms with Gasteiger partial charge in [0, 0.05) is 14.1 Å². The van der Waals surface area contributed by atoms with Crippen LogP contribution in [-0.4, -0.2) is 48.4 Å². The highest BCUT2D eigenvalue weighted by Crippen LogP contribution is 2.30. The minimum atomic E-state index is -0.867. The molecule has 0 aliphatic carbocycles. The number of amides is 2. The number of carbonyl (C=O) groups is 2. The fourth-order valence-corrected chi connectivity index (χ4v) is 2.91. The summed E-state index contributed by atoms with van der Waals surface area (Å²) in [7, 11) is 3.26. The van der Waals surface area contributed by atoms with Crippen molar-refractivity contribution in [2.24, 2.45) is 0 Å². The average Bonchev–Trinajstić information content (AvgIpc) is 3.10. The van der Waals surface area contributed by atoms with Crippen LogP contribution in [0.1, 0.15) is 17.4 Å². The molecule has 2 unspecified atom stereocenters. The molecule has 0 saturated carbocycles. The summed E-state index contributed by atoms with van der Waals surface area (Å²) in [6.07, 6.45) is 0.673. The Bertz CT molecular complexity index is 745. The maximum atomic E-state index is 13.2. The van der Waals surface area contributed by atoms with E-state index in [9.17, 15) is 14.0 Å². The number of hydrogen-bond donors (Lipinski definition) is 0. The predicted octanol–water partition coefficient (Wildman–Crippen LogP) is 1.98. The Labute approximate surface area is 144 Å². The van der Waals surface area contributed by atoms with Gasteiger partial charge in [-0.15, -0.1) is 0 Å². The Hall–Kier alpha value is -2.67. The summed E-state index contributed by atoms with van der Waals surface area (Å²) >= 11 is 0. The second-order valence-corrected chi connectivity index (χ2v) is 6.01. The third-order valence-electron chi connectivity index (χ3n) is 4.29. The normalized spacial score (nSPS) is 20.6. The number of nitrogens with zero attached hydrogens (tertiary/aromatic N) is 2. The Morgan fingerprint density at radius 2 is 2.04 bits per heavy atom. The van der Waals surface area contributed by atoms with Gasteiger partial charge in [-0.25, -0.2) is 4.39 Å². The minimum Gasteiger partial charge on any atom is -0.467 e. The number of morpholine rings is 1. The molecule has 0 bridgehead atoms. The van der Waals surface area contributed by atoms with Crippen molar-refractivity contribution in [2.75, 3.05) is 20.7 Å². The van der Waals surface area contributed by atoms with Crippen LogP contribution in [0.3, 0.4) is 0 Å². The lowest BCUT2D eigenvalue weighted by molar-refractivity contribution is -0.167. The van der Waals surface area contributed by atoms with E-state index >= 15 is 0 Å². The van der Waals surface area contributed by atoms with Gasteiger partial charge in [-0.05, 0) is 29.8 Å². The second kappa shape index (κ2) is 7.06. The van der Waals surface area contributed by atoms with Gasteiger partial charge in [-0.3, -0.25) is 9.59 Å². The number of likely N-dealkylation sites (N-methyl/N-ethyl adjacent to an activating group) is 2. The largest absolute Gasteiger partial charge is 0.467 e. The first kappa shape index (κ1) is 17.2. The molecule has 1 aromatic carbocycles. The standard InChI is InChI=1S/C18H19FN2O4/c1-20(10-14-4-3-9-24-14)18(23)17-16(21(2)15(22)11-25-17)12-5-7-13(19)8-6-12/h3-9,16-17H,10-11H2,1-2H3. The summed E-state index contributed by atoms with van der Waals surface area (Å²) in [5.74, 6) is -0.237. The molecule has 2 heterocycles. The summed E-state index contributed by atoms with van der Waals surface area (Å²) < 4.78 is 24.0. The van der Waals surface area contributed by atoms with Crippen LogP contribution < -0.4 is 0 Å². The summed E-state index contributed by atoms with van der Waals surface area (Å²) in [6.45, 7) is 0.124. The van der Waals surface area contributed by atoms with Gasteiger partial charge in [0.15, 0.2) is 6.10 Å². The van der Waals surface area contributed by atoms with E-state index in [1.54, 1.807) is 44.6 Å². The Balaban J connectivity index is 1.84. The maximum absolute atomic E-state index is 13.2. The quantitative estimate of drug-likeness (QED) is 0.849. The van der Waals surface area contributed by atoms with Gasteiger partial charge in [0.2, 0.25) is 5.91 Å². The number of ether oxygens (including phenoxy) is 1. The monoisotopic (exact) mass is 346 g/mol. The molecule has 7 heteroatoms. The molecule has 1 aromatic heterocycles. The van der Waals surface area contributed by atoms with E-state index < -0.39 is 12.1 Å². The predicted molar refractivity (Wildman–Crippen MR) is 86.8 cm³/mol. The van der Waals surface area contributed by atoms with Crippen LogP contribution in [0.15, 0.2) is 47.1 Å². The molecule has 25 heavy (non-hydrogen) atoms. The highest BCUT2D eigenvalue weighted by atomic mass is 19.1. The molecule has 1 aliphatic rings. The summed E-state index contributed by atoms with van der Waals surface area (Å²) in [4.78, 5) is 27.9. The van der Waals surface area contributed by atoms with Crippen molar-refractivity contribution in [2.45, 2.75) is 18.7 Å². The molecule has 0 spiro atoms. The van der Waals surface area contributed by atoms with E-state index in [0.29, 0.717) is 17.9 Å². The van der Waals surface area contributed by atoms with Gasteiger partial charge in [-0.1, -0.05) is 12.1 Å². The van der Waals surface area contributed by atoms with E-state index in [-0.39, 0.29) is 24.2 Å². The van der Waals surface area contributed by atoms with Crippen LogP contribution in [0.5, 0.6) is 0 Å². The SMILES string of the molecule is CN(Cc1ccco1)C(=O)C1OCC(=O)N(C)C1c1ccc(F)cc1. The number of hydrogen-bond acceptors (Lipinski definition) is 4. The van der Waals surface area contributed by atoms with Gasteiger partial charge in [0.05, 0.1) is 18.8 Å². The molecular formula is C18H19FN2O4. The Kier molecular flexibility index (Phi) is 4.85. The van der Waals surface area contributed by atoms with E-state index in [4.69, 9.17) is 9.15 Å². The number of carbonyl (C=O) groups excluding carboxylic acids is 2. The molecule has 1 saturated heterocycles. The molecule has 2 amide bonds. The van der Waals surface area contributed by atoms with Crippen LogP contribution >= 0.6 is 0 Å². The molecule has 132 valence electrons. The van der Waals surface area contributed by atoms with Crippen LogP contribution in [-0.2, 0) is 20.9 Å². The number of benzene rings is 1. The highest BCUT2D eigenvalue weighted by molar-refractivity contribution is 5.86. The first-order valence-electron chi connectivity index (χ1n) is 7.87. The van der Waals surface area contributed by atoms with E-state index in [1.165, 1.54) is 21.9 Å². The summed E-state index contributed by atoms with van der Waals surface area (Å²) in [6, 6.07) is 8.63. The van der Waals surface area contributed by atoms with E-state index in [2.05, 4.69) is 0 Å². The number of halogens is 1. The highest BCUT2D eigenvalue weighted by Gasteiger charge is 2.41. The van der Waals surface area contributed by atoms with Gasteiger partial charge in [-0.2, -0.15) is 0 Å². The van der Waals surface area contributed by atoms with Crippen molar-refractivity contribution < 1.29 is 23.1 Å². The van der Waals surface area contributed by atoms with Crippen LogP contribution in [0, 0.1) is 5.82 Å². The van der Waals surface area contributed by atoms with E-state index in [0.717, 1.165) is 0 Å². The van der Waals surface area contributed by atoms with Gasteiger partial charge in [0.25, 0.3) is 5.91 Å². The van der Waals surface area contributed by atoms with Gasteiger partial charge in [0.1, 0.15) is 18.2 Å². The zero-order chi connectivity index (χ0) is 18.0. The average molecular weight is 346 g/mol. The topological polar surface area (TPSA) is 63.0 Å². The van der Waals surface area contributed by atoms with Crippen LogP contribution in [0.25, 0.3) is 0 Å². The Morgan fingerprint density at radius 1 is 1.32 bits per heavy atom. The van der Waals surface area contributed by atoms with Crippen LogP contribution in [0.2, 0.25) is 0 Å². The smallest absolute Gasteiger partial charge is 0.254 e. The molecular weight excluding hydrogens is 327 g/mol. The van der Waals surface area contributed by atoms with Gasteiger partial charge < -0.3 is 19.0 Å². The molecule has 0 N–H and O–H groups in total. The summed E-state index contributed by atoms with van der Waals surface area (Å²) in [5.41, 5.74) is 0.640. The summed E-state index contributed by atoms with van der Waals surface area (Å²) in [5, 5.41) is 0. The van der Waals surface area contributed by atoms with Crippen molar-refractivity contribution in [3.05, 3.63) is 59.8 Å². The Morgan fingerprint density at radius 3 is 2.68 bits per heavy atom. The van der Waals surface area contributed by atoms with Crippen LogP contribution in [0.4, 0.5) is 4.39 Å². The molecule has 2 atom stereocenters. The zero-order valence-corrected chi connectivity index (χ0v) is 14.0. The van der Waals surface area contributed by atoms with Crippen molar-refractivity contribution in [3.8, 4) is 0 Å². The lowest BCUT2D eigenvalue weighted by atomic mass is 9.97. The molecule has 6 nitrogen and oxygen atoms in total. The minimum absolute atomic E-state index is 0.167. The lowest BCUT2D eigenvalue weighted by Crippen LogP contribution is -2.53. The first-order valence-corrected chi connectivity index (χ1v) is 7.87. The third-order valence-corrected chi connectivity index (χ3v) is 4.29. The maximum Gasteiger partial charge on any atom is 0.254 e. The molecule has 0 radical (unpaired) electrons. The fraction of sp³-hybridized carbons (Fsp3) is 0.333. The molecule has 2 aromatic rings. The second-order valence-electron chi connectivity index (χ2n) is 6.01. The fourth-order valence-electron chi connectivity index (χ4n) is 2.91. The first-order chi connectivity index (χ1) is 12.0. The third kappa shape index (κ3) is 3.56. The number of rotatable bonds is 4. The van der Waals surface area contributed by atoms with Gasteiger partial charge >= 0.3 is 0 Å².